The minimum Gasteiger partial charge on any atom is -0.369 e. The largest absolute Gasteiger partial charge is 0.369 e. The van der Waals surface area contributed by atoms with Crippen molar-refractivity contribution in [1.29, 1.82) is 0 Å². The number of nitrogens with zero attached hydrogens (tertiary/aromatic N) is 2. The number of halogens is 5. The fourth-order valence-corrected chi connectivity index (χ4v) is 6.53. The average Bonchev–Trinajstić information content (AvgIpc) is 2.88. The van der Waals surface area contributed by atoms with Crippen LogP contribution in [0, 0.1) is 11.3 Å². The molecule has 2 saturated heterocycles. The quantitative estimate of drug-likeness (QED) is 0.348. The van der Waals surface area contributed by atoms with Crippen LogP contribution < -0.4 is 5.73 Å². The summed E-state index contributed by atoms with van der Waals surface area (Å²) in [5.41, 5.74) is 6.07. The Bertz CT molecular complexity index is 1200. The number of primary amides is 1. The summed E-state index contributed by atoms with van der Waals surface area (Å²) in [4.78, 5) is 29.6. The molecule has 1 atom stereocenters. The molecule has 2 aromatic rings. The molecule has 0 spiro atoms. The first-order valence-corrected chi connectivity index (χ1v) is 14.8. The molecule has 40 heavy (non-hydrogen) atoms. The van der Waals surface area contributed by atoms with Gasteiger partial charge in [-0.2, -0.15) is 0 Å². The van der Waals surface area contributed by atoms with Crippen LogP contribution in [0.5, 0.6) is 0 Å². The van der Waals surface area contributed by atoms with E-state index >= 15 is 0 Å². The van der Waals surface area contributed by atoms with Gasteiger partial charge in [0.1, 0.15) is 5.60 Å². The van der Waals surface area contributed by atoms with Crippen molar-refractivity contribution >= 4 is 70.6 Å². The second-order valence-electron chi connectivity index (χ2n) is 11.2. The number of amides is 2. The number of carbonyl (C=O) groups excluding carboxylic acids is 2. The maximum Gasteiger partial charge on any atom is 0.227 e. The van der Waals surface area contributed by atoms with E-state index in [9.17, 15) is 9.59 Å². The summed E-state index contributed by atoms with van der Waals surface area (Å²) < 4.78 is 6.49. The molecule has 2 amide bonds. The van der Waals surface area contributed by atoms with Gasteiger partial charge in [0.15, 0.2) is 0 Å². The van der Waals surface area contributed by atoms with Crippen molar-refractivity contribution in [2.45, 2.75) is 45.1 Å². The third-order valence-corrected chi connectivity index (χ3v) is 9.51. The molecular formula is C29H36Cl5N3O3. The van der Waals surface area contributed by atoms with Crippen molar-refractivity contribution < 1.29 is 14.3 Å². The monoisotopic (exact) mass is 649 g/mol. The highest BCUT2D eigenvalue weighted by molar-refractivity contribution is 6.42. The zero-order valence-electron chi connectivity index (χ0n) is 22.7. The Balaban J connectivity index is 0.00000441. The van der Waals surface area contributed by atoms with Crippen molar-refractivity contribution in [3.8, 4) is 0 Å². The van der Waals surface area contributed by atoms with Gasteiger partial charge in [-0.15, -0.1) is 12.4 Å². The van der Waals surface area contributed by atoms with Gasteiger partial charge < -0.3 is 20.3 Å². The van der Waals surface area contributed by atoms with Crippen LogP contribution in [-0.4, -0.2) is 60.9 Å². The van der Waals surface area contributed by atoms with Crippen LogP contribution >= 0.6 is 58.8 Å². The van der Waals surface area contributed by atoms with Crippen molar-refractivity contribution in [3.05, 3.63) is 67.6 Å². The Labute approximate surface area is 262 Å². The molecule has 11 heteroatoms. The van der Waals surface area contributed by atoms with Gasteiger partial charge in [0, 0.05) is 28.5 Å². The number of ether oxygens (including phenoxy) is 1. The second kappa shape index (κ2) is 13.8. The molecule has 0 aromatic heterocycles. The van der Waals surface area contributed by atoms with E-state index in [1.54, 1.807) is 24.3 Å². The number of morpholine rings is 1. The van der Waals surface area contributed by atoms with Gasteiger partial charge >= 0.3 is 0 Å². The van der Waals surface area contributed by atoms with Crippen LogP contribution in [0.2, 0.25) is 20.1 Å². The minimum absolute atomic E-state index is 0. The first-order valence-electron chi connectivity index (χ1n) is 13.2. The van der Waals surface area contributed by atoms with E-state index in [1.165, 1.54) is 0 Å². The second-order valence-corrected chi connectivity index (χ2v) is 12.9. The smallest absolute Gasteiger partial charge is 0.227 e. The first-order chi connectivity index (χ1) is 18.4. The van der Waals surface area contributed by atoms with Gasteiger partial charge in [0.2, 0.25) is 11.8 Å². The molecule has 4 rings (SSSR count). The zero-order valence-corrected chi connectivity index (χ0v) is 26.6. The summed E-state index contributed by atoms with van der Waals surface area (Å²) >= 11 is 25.0. The lowest BCUT2D eigenvalue weighted by atomic mass is 9.73. The Kier molecular flexibility index (Phi) is 11.5. The first kappa shape index (κ1) is 33.3. The summed E-state index contributed by atoms with van der Waals surface area (Å²) in [5, 5.41) is 1.92. The third kappa shape index (κ3) is 7.77. The summed E-state index contributed by atoms with van der Waals surface area (Å²) in [6, 6.07) is 10.7. The van der Waals surface area contributed by atoms with Crippen molar-refractivity contribution in [2.75, 3.05) is 39.3 Å². The molecule has 0 saturated carbocycles. The van der Waals surface area contributed by atoms with E-state index in [-0.39, 0.29) is 36.6 Å². The predicted octanol–water partition coefficient (Wildman–Crippen LogP) is 6.63. The molecule has 2 fully saturated rings. The number of carbonyl (C=O) groups is 2. The van der Waals surface area contributed by atoms with Crippen LogP contribution in [0.1, 0.15) is 44.2 Å². The van der Waals surface area contributed by atoms with Gasteiger partial charge in [-0.05, 0) is 79.7 Å². The Morgan fingerprint density at radius 1 is 1.00 bits per heavy atom. The standard InChI is InChI=1S/C29H35Cl4N3O3.ClH/c1-28(2,27(34)38)20-5-8-35(9-6-20)10-7-29(21-3-4-24(32)25(33)16-21)18-36(11-12-39-29)26(37)15-19-13-22(30)17-23(31)14-19;/h3-4,13-14,16-17,20H,5-12,15,18H2,1-2H3,(H2,34,38);1H. The highest BCUT2D eigenvalue weighted by Gasteiger charge is 2.42. The van der Waals surface area contributed by atoms with Gasteiger partial charge in [0.25, 0.3) is 0 Å². The lowest BCUT2D eigenvalue weighted by Crippen LogP contribution is -2.53. The number of rotatable bonds is 8. The molecule has 2 aromatic carbocycles. The number of benzene rings is 2. The molecule has 6 nitrogen and oxygen atoms in total. The average molecular weight is 652 g/mol. The van der Waals surface area contributed by atoms with E-state index in [2.05, 4.69) is 4.90 Å². The fraction of sp³-hybridized carbons (Fsp3) is 0.517. The lowest BCUT2D eigenvalue weighted by Gasteiger charge is -2.45. The molecule has 2 aliphatic rings. The molecule has 2 heterocycles. The molecule has 2 aliphatic heterocycles. The van der Waals surface area contributed by atoms with Crippen molar-refractivity contribution in [2.24, 2.45) is 17.1 Å². The van der Waals surface area contributed by atoms with E-state index < -0.39 is 11.0 Å². The van der Waals surface area contributed by atoms with Gasteiger partial charge in [-0.1, -0.05) is 66.3 Å². The van der Waals surface area contributed by atoms with Crippen molar-refractivity contribution in [1.82, 2.24) is 9.80 Å². The number of hydrogen-bond donors (Lipinski definition) is 1. The Morgan fingerprint density at radius 3 is 2.25 bits per heavy atom. The molecule has 0 aliphatic carbocycles. The molecule has 0 bridgehead atoms. The van der Waals surface area contributed by atoms with Gasteiger partial charge in [-0.3, -0.25) is 9.59 Å². The topological polar surface area (TPSA) is 75.9 Å². The maximum absolute atomic E-state index is 13.4. The minimum atomic E-state index is -0.739. The Morgan fingerprint density at radius 2 is 1.65 bits per heavy atom. The van der Waals surface area contributed by atoms with Crippen LogP contribution in [0.25, 0.3) is 0 Å². The molecule has 0 radical (unpaired) electrons. The molecule has 1 unspecified atom stereocenters. The van der Waals surface area contributed by atoms with E-state index in [1.807, 2.05) is 30.9 Å². The van der Waals surface area contributed by atoms with Gasteiger partial charge in [0.05, 0.1) is 29.6 Å². The van der Waals surface area contributed by atoms with Crippen molar-refractivity contribution in [3.63, 3.8) is 0 Å². The summed E-state index contributed by atoms with van der Waals surface area (Å²) in [7, 11) is 0. The van der Waals surface area contributed by atoms with E-state index in [0.717, 1.165) is 43.6 Å². The SMILES string of the molecule is CC(C)(C(N)=O)C1CCN(CCC2(c3ccc(Cl)c(Cl)c3)CN(C(=O)Cc3cc(Cl)cc(Cl)c3)CCO2)CC1.Cl. The van der Waals surface area contributed by atoms with E-state index in [0.29, 0.717) is 46.2 Å². The fourth-order valence-electron chi connectivity index (χ4n) is 5.66. The normalized spacial score (nSPS) is 20.7. The zero-order chi connectivity index (χ0) is 28.4. The lowest BCUT2D eigenvalue weighted by molar-refractivity contribution is -0.154. The number of hydrogen-bond acceptors (Lipinski definition) is 4. The molecule has 2 N–H and O–H groups in total. The highest BCUT2D eigenvalue weighted by atomic mass is 35.5. The summed E-state index contributed by atoms with van der Waals surface area (Å²) in [5.74, 6) is -0.00943. The summed E-state index contributed by atoms with van der Waals surface area (Å²) in [6.07, 6.45) is 2.68. The third-order valence-electron chi connectivity index (χ3n) is 8.34. The molecule has 220 valence electrons. The summed E-state index contributed by atoms with van der Waals surface area (Å²) in [6.45, 7) is 7.68. The maximum atomic E-state index is 13.4. The van der Waals surface area contributed by atoms with Crippen LogP contribution in [0.4, 0.5) is 0 Å². The van der Waals surface area contributed by atoms with Crippen LogP contribution in [-0.2, 0) is 26.3 Å². The number of piperidine rings is 1. The number of likely N-dealkylation sites (tertiary alicyclic amines) is 1. The van der Waals surface area contributed by atoms with Crippen LogP contribution in [0.3, 0.4) is 0 Å². The van der Waals surface area contributed by atoms with E-state index in [4.69, 9.17) is 56.9 Å². The number of nitrogens with two attached hydrogens (primary N) is 1. The highest BCUT2D eigenvalue weighted by Crippen LogP contribution is 2.39. The predicted molar refractivity (Wildman–Crippen MR) is 165 cm³/mol. The van der Waals surface area contributed by atoms with Crippen LogP contribution in [0.15, 0.2) is 36.4 Å². The molecular weight excluding hydrogens is 616 g/mol. The van der Waals surface area contributed by atoms with Gasteiger partial charge in [-0.25, -0.2) is 0 Å². The Hall–Kier alpha value is -1.25.